The van der Waals surface area contributed by atoms with E-state index in [1.807, 2.05) is 24.4 Å². The number of hydrogen-bond acceptors (Lipinski definition) is 3. The Labute approximate surface area is 116 Å². The van der Waals surface area contributed by atoms with Crippen LogP contribution in [-0.2, 0) is 9.84 Å². The van der Waals surface area contributed by atoms with Crippen LogP contribution in [0.5, 0.6) is 5.75 Å². The van der Waals surface area contributed by atoms with Gasteiger partial charge < -0.3 is 9.51 Å². The summed E-state index contributed by atoms with van der Waals surface area (Å²) in [5.74, 6) is 0.0442. The molecule has 1 N–H and O–H groups in total. The molecule has 0 unspecified atom stereocenters. The summed E-state index contributed by atoms with van der Waals surface area (Å²) in [6, 6.07) is 11.2. The van der Waals surface area contributed by atoms with Gasteiger partial charge in [-0.2, -0.15) is 0 Å². The molecule has 0 aliphatic rings. The Kier molecular flexibility index (Phi) is 2.79. The van der Waals surface area contributed by atoms with Gasteiger partial charge in [0, 0.05) is 17.9 Å². The fourth-order valence-corrected chi connectivity index (χ4v) is 3.77. The molecule has 20 heavy (non-hydrogen) atoms. The number of pyridine rings is 1. The predicted molar refractivity (Wildman–Crippen MR) is 75.7 cm³/mol. The van der Waals surface area contributed by atoms with Crippen LogP contribution in [0, 0.1) is 6.92 Å². The van der Waals surface area contributed by atoms with Gasteiger partial charge in [-0.3, -0.25) is 0 Å². The van der Waals surface area contributed by atoms with Crippen LogP contribution < -0.4 is 0 Å². The van der Waals surface area contributed by atoms with Gasteiger partial charge in [-0.05, 0) is 48.9 Å². The molecule has 0 spiro atoms. The molecule has 3 aromatic rings. The van der Waals surface area contributed by atoms with E-state index in [2.05, 4.69) is 0 Å². The SMILES string of the molecule is Cc1c(S(=O)(=O)c2ccc(O)cc2)cn2ccccc12. The number of hydrogen-bond donors (Lipinski definition) is 1. The van der Waals surface area contributed by atoms with Crippen molar-refractivity contribution in [2.24, 2.45) is 0 Å². The number of aromatic hydroxyl groups is 1. The number of sulfone groups is 1. The highest BCUT2D eigenvalue weighted by molar-refractivity contribution is 7.91. The topological polar surface area (TPSA) is 58.8 Å². The summed E-state index contributed by atoms with van der Waals surface area (Å²) in [5.41, 5.74) is 1.59. The minimum Gasteiger partial charge on any atom is -0.508 e. The number of phenolic OH excluding ortho intramolecular Hbond substituents is 1. The van der Waals surface area contributed by atoms with Gasteiger partial charge in [0.1, 0.15) is 5.75 Å². The zero-order valence-corrected chi connectivity index (χ0v) is 11.6. The van der Waals surface area contributed by atoms with Crippen molar-refractivity contribution in [3.05, 3.63) is 60.4 Å². The van der Waals surface area contributed by atoms with Gasteiger partial charge in [-0.1, -0.05) is 6.07 Å². The van der Waals surface area contributed by atoms with E-state index in [0.29, 0.717) is 0 Å². The van der Waals surface area contributed by atoms with E-state index in [0.717, 1.165) is 11.1 Å². The van der Waals surface area contributed by atoms with Crippen LogP contribution in [0.4, 0.5) is 0 Å². The van der Waals surface area contributed by atoms with E-state index in [9.17, 15) is 13.5 Å². The van der Waals surface area contributed by atoms with Crippen molar-refractivity contribution in [1.29, 1.82) is 0 Å². The maximum Gasteiger partial charge on any atom is 0.208 e. The number of aromatic nitrogens is 1. The third-order valence-electron chi connectivity index (χ3n) is 3.34. The average Bonchev–Trinajstić information content (AvgIpc) is 2.78. The monoisotopic (exact) mass is 287 g/mol. The van der Waals surface area contributed by atoms with Crippen molar-refractivity contribution < 1.29 is 13.5 Å². The van der Waals surface area contributed by atoms with Gasteiger partial charge >= 0.3 is 0 Å². The second kappa shape index (κ2) is 4.38. The second-order valence-corrected chi connectivity index (χ2v) is 6.53. The first kappa shape index (κ1) is 12.7. The summed E-state index contributed by atoms with van der Waals surface area (Å²) in [7, 11) is -3.58. The molecule has 4 nitrogen and oxygen atoms in total. The van der Waals surface area contributed by atoms with Gasteiger partial charge in [0.15, 0.2) is 0 Å². The normalized spacial score (nSPS) is 11.8. The molecule has 0 saturated heterocycles. The van der Waals surface area contributed by atoms with Crippen LogP contribution in [0.3, 0.4) is 0 Å². The van der Waals surface area contributed by atoms with Crippen LogP contribution in [-0.4, -0.2) is 17.9 Å². The Hall–Kier alpha value is -2.27. The highest BCUT2D eigenvalue weighted by Crippen LogP contribution is 2.28. The Morgan fingerprint density at radius 3 is 2.40 bits per heavy atom. The molecule has 2 heterocycles. The fourth-order valence-electron chi connectivity index (χ4n) is 2.26. The Balaban J connectivity index is 2.24. The zero-order valence-electron chi connectivity index (χ0n) is 10.8. The Morgan fingerprint density at radius 2 is 1.75 bits per heavy atom. The minimum absolute atomic E-state index is 0.0442. The fraction of sp³-hybridized carbons (Fsp3) is 0.0667. The van der Waals surface area contributed by atoms with E-state index in [4.69, 9.17) is 0 Å². The summed E-state index contributed by atoms with van der Waals surface area (Å²) in [4.78, 5) is 0.462. The largest absolute Gasteiger partial charge is 0.508 e. The summed E-state index contributed by atoms with van der Waals surface area (Å²) < 4.78 is 27.1. The summed E-state index contributed by atoms with van der Waals surface area (Å²) >= 11 is 0. The Morgan fingerprint density at radius 1 is 1.05 bits per heavy atom. The summed E-state index contributed by atoms with van der Waals surface area (Å²) in [5, 5.41) is 9.26. The van der Waals surface area contributed by atoms with Crippen LogP contribution in [0.15, 0.2) is 64.6 Å². The van der Waals surface area contributed by atoms with E-state index < -0.39 is 9.84 Å². The number of benzene rings is 1. The average molecular weight is 287 g/mol. The highest BCUT2D eigenvalue weighted by atomic mass is 32.2. The maximum atomic E-state index is 12.6. The van der Waals surface area contributed by atoms with Gasteiger partial charge in [0.05, 0.1) is 9.79 Å². The van der Waals surface area contributed by atoms with E-state index in [1.54, 1.807) is 17.5 Å². The van der Waals surface area contributed by atoms with Gasteiger partial charge in [-0.15, -0.1) is 0 Å². The molecule has 0 aliphatic heterocycles. The molecule has 2 aromatic heterocycles. The number of aryl methyl sites for hydroxylation is 1. The van der Waals surface area contributed by atoms with Crippen LogP contribution in [0.25, 0.3) is 5.52 Å². The van der Waals surface area contributed by atoms with Crippen LogP contribution in [0.2, 0.25) is 0 Å². The molecular weight excluding hydrogens is 274 g/mol. The molecular formula is C15H13NO3S. The van der Waals surface area contributed by atoms with Gasteiger partial charge in [-0.25, -0.2) is 8.42 Å². The lowest BCUT2D eigenvalue weighted by atomic mass is 10.3. The third-order valence-corrected chi connectivity index (χ3v) is 5.22. The molecule has 0 aliphatic carbocycles. The standard InChI is InChI=1S/C15H13NO3S/c1-11-14-4-2-3-9-16(14)10-15(11)20(18,19)13-7-5-12(17)6-8-13/h2-10,17H,1H3. The Bertz CT molecular complexity index is 877. The summed E-state index contributed by atoms with van der Waals surface area (Å²) in [6.45, 7) is 1.79. The zero-order chi connectivity index (χ0) is 14.3. The first-order valence-electron chi connectivity index (χ1n) is 6.10. The molecule has 0 saturated carbocycles. The second-order valence-electron chi connectivity index (χ2n) is 4.61. The predicted octanol–water partition coefficient (Wildman–Crippen LogP) is 2.79. The van der Waals surface area contributed by atoms with Crippen molar-refractivity contribution in [1.82, 2.24) is 4.40 Å². The number of nitrogens with zero attached hydrogens (tertiary/aromatic N) is 1. The number of phenols is 1. The van der Waals surface area contributed by atoms with Crippen molar-refractivity contribution in [2.45, 2.75) is 16.7 Å². The first-order valence-corrected chi connectivity index (χ1v) is 7.59. The lowest BCUT2D eigenvalue weighted by Crippen LogP contribution is -2.01. The molecule has 0 atom stereocenters. The molecule has 0 amide bonds. The minimum atomic E-state index is -3.58. The maximum absolute atomic E-state index is 12.6. The molecule has 5 heteroatoms. The van der Waals surface area contributed by atoms with E-state index in [-0.39, 0.29) is 15.5 Å². The molecule has 0 radical (unpaired) electrons. The quantitative estimate of drug-likeness (QED) is 0.788. The van der Waals surface area contributed by atoms with Crippen molar-refractivity contribution in [2.75, 3.05) is 0 Å². The van der Waals surface area contributed by atoms with Crippen molar-refractivity contribution in [3.63, 3.8) is 0 Å². The third kappa shape index (κ3) is 1.87. The van der Waals surface area contributed by atoms with Crippen LogP contribution in [0.1, 0.15) is 5.56 Å². The first-order chi connectivity index (χ1) is 9.50. The van der Waals surface area contributed by atoms with Crippen LogP contribution >= 0.6 is 0 Å². The molecule has 0 fully saturated rings. The van der Waals surface area contributed by atoms with Gasteiger partial charge in [0.25, 0.3) is 0 Å². The molecule has 0 bridgehead atoms. The molecule has 3 rings (SSSR count). The highest BCUT2D eigenvalue weighted by Gasteiger charge is 2.22. The lowest BCUT2D eigenvalue weighted by Gasteiger charge is -2.03. The van der Waals surface area contributed by atoms with Crippen molar-refractivity contribution >= 4 is 15.4 Å². The lowest BCUT2D eigenvalue weighted by molar-refractivity contribution is 0.475. The molecule has 102 valence electrons. The van der Waals surface area contributed by atoms with Crippen molar-refractivity contribution in [3.8, 4) is 5.75 Å². The summed E-state index contributed by atoms with van der Waals surface area (Å²) in [6.07, 6.45) is 3.44. The van der Waals surface area contributed by atoms with E-state index >= 15 is 0 Å². The van der Waals surface area contributed by atoms with Gasteiger partial charge in [0.2, 0.25) is 9.84 Å². The number of rotatable bonds is 2. The molecule has 1 aromatic carbocycles. The smallest absolute Gasteiger partial charge is 0.208 e. The number of fused-ring (bicyclic) bond motifs is 1. The van der Waals surface area contributed by atoms with E-state index in [1.165, 1.54) is 24.3 Å².